The van der Waals surface area contributed by atoms with Gasteiger partial charge in [-0.1, -0.05) is 48.5 Å². The molecule has 0 bridgehead atoms. The number of nitrogens with zero attached hydrogens (tertiary/aromatic N) is 2. The van der Waals surface area contributed by atoms with Gasteiger partial charge in [0.25, 0.3) is 5.91 Å². The van der Waals surface area contributed by atoms with Crippen molar-refractivity contribution in [2.75, 3.05) is 5.32 Å². The van der Waals surface area contributed by atoms with Gasteiger partial charge in [-0.25, -0.2) is 9.97 Å². The van der Waals surface area contributed by atoms with E-state index in [-0.39, 0.29) is 5.91 Å². The fourth-order valence-electron chi connectivity index (χ4n) is 2.73. The van der Waals surface area contributed by atoms with Gasteiger partial charge in [0, 0.05) is 17.9 Å². The summed E-state index contributed by atoms with van der Waals surface area (Å²) in [5.41, 5.74) is 5.30. The Morgan fingerprint density at radius 2 is 1.62 bits per heavy atom. The van der Waals surface area contributed by atoms with Gasteiger partial charge in [-0.05, 0) is 43.5 Å². The SMILES string of the molecule is Cc1cc(C(=O)NCc2ccccc2)nc(Nc2c(C)cccc2C)n1. The molecule has 0 spiro atoms. The first-order chi connectivity index (χ1) is 12.5. The fourth-order valence-corrected chi connectivity index (χ4v) is 2.73. The van der Waals surface area contributed by atoms with Gasteiger partial charge in [0.1, 0.15) is 5.69 Å². The number of aromatic nitrogens is 2. The Morgan fingerprint density at radius 1 is 0.923 bits per heavy atom. The number of nitrogens with one attached hydrogen (secondary N) is 2. The molecule has 132 valence electrons. The molecule has 3 rings (SSSR count). The molecule has 0 aliphatic carbocycles. The lowest BCUT2D eigenvalue weighted by Gasteiger charge is -2.12. The number of para-hydroxylation sites is 1. The largest absolute Gasteiger partial charge is 0.347 e. The van der Waals surface area contributed by atoms with E-state index in [1.165, 1.54) is 0 Å². The maximum Gasteiger partial charge on any atom is 0.270 e. The molecule has 5 heteroatoms. The van der Waals surface area contributed by atoms with Gasteiger partial charge in [-0.3, -0.25) is 4.79 Å². The maximum absolute atomic E-state index is 12.5. The quantitative estimate of drug-likeness (QED) is 0.731. The number of carbonyl (C=O) groups excluding carboxylic acids is 1. The first kappa shape index (κ1) is 17.6. The zero-order chi connectivity index (χ0) is 18.5. The molecule has 1 heterocycles. The van der Waals surface area contributed by atoms with Crippen molar-refractivity contribution >= 4 is 17.5 Å². The van der Waals surface area contributed by atoms with Crippen molar-refractivity contribution in [2.45, 2.75) is 27.3 Å². The second-order valence-electron chi connectivity index (χ2n) is 6.28. The Morgan fingerprint density at radius 3 is 2.31 bits per heavy atom. The van der Waals surface area contributed by atoms with E-state index < -0.39 is 0 Å². The van der Waals surface area contributed by atoms with E-state index in [1.807, 2.05) is 69.3 Å². The van der Waals surface area contributed by atoms with Crippen LogP contribution in [0.3, 0.4) is 0 Å². The van der Waals surface area contributed by atoms with Gasteiger partial charge in [0.2, 0.25) is 5.95 Å². The summed E-state index contributed by atoms with van der Waals surface area (Å²) in [4.78, 5) is 21.3. The molecule has 0 aliphatic heterocycles. The molecule has 26 heavy (non-hydrogen) atoms. The van der Waals surface area contributed by atoms with Crippen LogP contribution in [0.2, 0.25) is 0 Å². The smallest absolute Gasteiger partial charge is 0.270 e. The molecule has 0 unspecified atom stereocenters. The number of benzene rings is 2. The van der Waals surface area contributed by atoms with Crippen molar-refractivity contribution in [1.82, 2.24) is 15.3 Å². The molecule has 5 nitrogen and oxygen atoms in total. The number of rotatable bonds is 5. The van der Waals surface area contributed by atoms with Crippen molar-refractivity contribution in [3.05, 3.63) is 82.7 Å². The van der Waals surface area contributed by atoms with Gasteiger partial charge in [-0.15, -0.1) is 0 Å². The van der Waals surface area contributed by atoms with Crippen molar-refractivity contribution in [2.24, 2.45) is 0 Å². The van der Waals surface area contributed by atoms with Crippen LogP contribution in [0.15, 0.2) is 54.6 Å². The van der Waals surface area contributed by atoms with E-state index in [0.29, 0.717) is 18.2 Å². The molecule has 0 aliphatic rings. The van der Waals surface area contributed by atoms with Gasteiger partial charge >= 0.3 is 0 Å². The van der Waals surface area contributed by atoms with E-state index in [2.05, 4.69) is 20.6 Å². The van der Waals surface area contributed by atoms with Crippen LogP contribution in [0.25, 0.3) is 0 Å². The minimum atomic E-state index is -0.219. The summed E-state index contributed by atoms with van der Waals surface area (Å²) in [5, 5.41) is 6.15. The highest BCUT2D eigenvalue weighted by molar-refractivity contribution is 5.92. The number of amides is 1. The number of hydrogen-bond acceptors (Lipinski definition) is 4. The van der Waals surface area contributed by atoms with Crippen LogP contribution in [0.4, 0.5) is 11.6 Å². The van der Waals surface area contributed by atoms with Crippen LogP contribution in [0.5, 0.6) is 0 Å². The molecule has 0 radical (unpaired) electrons. The Labute approximate surface area is 153 Å². The average Bonchev–Trinajstić information content (AvgIpc) is 2.63. The predicted octanol–water partition coefficient (Wildman–Crippen LogP) is 4.08. The Hall–Kier alpha value is -3.21. The van der Waals surface area contributed by atoms with Crippen LogP contribution < -0.4 is 10.6 Å². The summed E-state index contributed by atoms with van der Waals surface area (Å²) in [5.74, 6) is 0.205. The summed E-state index contributed by atoms with van der Waals surface area (Å²) in [6, 6.07) is 17.5. The molecular weight excluding hydrogens is 324 g/mol. The monoisotopic (exact) mass is 346 g/mol. The molecule has 0 atom stereocenters. The van der Waals surface area contributed by atoms with Crippen LogP contribution in [-0.2, 0) is 6.54 Å². The topological polar surface area (TPSA) is 66.9 Å². The van der Waals surface area contributed by atoms with E-state index in [9.17, 15) is 4.79 Å². The molecule has 3 aromatic rings. The average molecular weight is 346 g/mol. The van der Waals surface area contributed by atoms with Gasteiger partial charge < -0.3 is 10.6 Å². The third kappa shape index (κ3) is 4.25. The van der Waals surface area contributed by atoms with Crippen molar-refractivity contribution in [3.63, 3.8) is 0 Å². The number of aryl methyl sites for hydroxylation is 3. The first-order valence-corrected chi connectivity index (χ1v) is 8.54. The molecule has 2 N–H and O–H groups in total. The summed E-state index contributed by atoms with van der Waals surface area (Å²) >= 11 is 0. The minimum absolute atomic E-state index is 0.219. The molecular formula is C21H22N4O. The van der Waals surface area contributed by atoms with Gasteiger partial charge in [0.15, 0.2) is 0 Å². The number of carbonyl (C=O) groups is 1. The Bertz CT molecular complexity index is 902. The molecule has 1 aromatic heterocycles. The Balaban J connectivity index is 1.78. The molecule has 0 fully saturated rings. The van der Waals surface area contributed by atoms with Crippen LogP contribution in [0, 0.1) is 20.8 Å². The van der Waals surface area contributed by atoms with E-state index >= 15 is 0 Å². The van der Waals surface area contributed by atoms with Gasteiger partial charge in [0.05, 0.1) is 0 Å². The summed E-state index contributed by atoms with van der Waals surface area (Å²) in [6.07, 6.45) is 0. The van der Waals surface area contributed by atoms with E-state index in [1.54, 1.807) is 6.07 Å². The normalized spacial score (nSPS) is 10.4. The second kappa shape index (κ2) is 7.78. The third-order valence-electron chi connectivity index (χ3n) is 4.10. The van der Waals surface area contributed by atoms with Gasteiger partial charge in [-0.2, -0.15) is 0 Å². The molecule has 0 saturated carbocycles. The summed E-state index contributed by atoms with van der Waals surface area (Å²) in [7, 11) is 0. The highest BCUT2D eigenvalue weighted by Crippen LogP contribution is 2.22. The van der Waals surface area contributed by atoms with E-state index in [0.717, 1.165) is 28.1 Å². The number of anilines is 2. The zero-order valence-electron chi connectivity index (χ0n) is 15.2. The van der Waals surface area contributed by atoms with Crippen LogP contribution in [-0.4, -0.2) is 15.9 Å². The standard InChI is InChI=1S/C21H22N4O/c1-14-8-7-9-15(2)19(14)25-21-23-16(3)12-18(24-21)20(26)22-13-17-10-5-4-6-11-17/h4-12H,13H2,1-3H3,(H,22,26)(H,23,24,25). The number of hydrogen-bond donors (Lipinski definition) is 2. The van der Waals surface area contributed by atoms with Crippen molar-refractivity contribution in [3.8, 4) is 0 Å². The minimum Gasteiger partial charge on any atom is -0.347 e. The first-order valence-electron chi connectivity index (χ1n) is 8.54. The second-order valence-corrected chi connectivity index (χ2v) is 6.28. The molecule has 0 saturated heterocycles. The lowest BCUT2D eigenvalue weighted by atomic mass is 10.1. The fraction of sp³-hybridized carbons (Fsp3) is 0.190. The molecule has 1 amide bonds. The maximum atomic E-state index is 12.5. The highest BCUT2D eigenvalue weighted by Gasteiger charge is 2.12. The summed E-state index contributed by atoms with van der Waals surface area (Å²) in [6.45, 7) is 6.37. The lowest BCUT2D eigenvalue weighted by molar-refractivity contribution is 0.0945. The molecule has 2 aromatic carbocycles. The van der Waals surface area contributed by atoms with E-state index in [4.69, 9.17) is 0 Å². The lowest BCUT2D eigenvalue weighted by Crippen LogP contribution is -2.24. The van der Waals surface area contributed by atoms with Crippen LogP contribution in [0.1, 0.15) is 32.9 Å². The summed E-state index contributed by atoms with van der Waals surface area (Å²) < 4.78 is 0. The predicted molar refractivity (Wildman–Crippen MR) is 104 cm³/mol. The Kier molecular flexibility index (Phi) is 5.27. The highest BCUT2D eigenvalue weighted by atomic mass is 16.1. The third-order valence-corrected chi connectivity index (χ3v) is 4.10. The van der Waals surface area contributed by atoms with Crippen molar-refractivity contribution in [1.29, 1.82) is 0 Å². The zero-order valence-corrected chi connectivity index (χ0v) is 15.2. The van der Waals surface area contributed by atoms with Crippen molar-refractivity contribution < 1.29 is 4.79 Å². The van der Waals surface area contributed by atoms with Crippen LogP contribution >= 0.6 is 0 Å².